The molecule has 5 rings (SSSR count). The number of benzene rings is 1. The maximum Gasteiger partial charge on any atom is 0.251 e. The zero-order valence-electron chi connectivity index (χ0n) is 18.9. The van der Waals surface area contributed by atoms with Gasteiger partial charge in [-0.25, -0.2) is 23.1 Å². The van der Waals surface area contributed by atoms with Crippen LogP contribution in [0.25, 0.3) is 11.0 Å². The first kappa shape index (κ1) is 23.0. The van der Waals surface area contributed by atoms with Crippen LogP contribution in [0, 0.1) is 0 Å². The highest BCUT2D eigenvalue weighted by Gasteiger charge is 2.27. The third-order valence-electron chi connectivity index (χ3n) is 5.87. The average molecular weight is 496 g/mol. The monoisotopic (exact) mass is 495 g/mol. The predicted octanol–water partition coefficient (Wildman–Crippen LogP) is 2.25. The Morgan fingerprint density at radius 3 is 2.63 bits per heavy atom. The van der Waals surface area contributed by atoms with Gasteiger partial charge in [0.05, 0.1) is 35.8 Å². The summed E-state index contributed by atoms with van der Waals surface area (Å²) in [6.45, 7) is 2.30. The number of nitrogens with one attached hydrogen (secondary N) is 2. The van der Waals surface area contributed by atoms with Crippen LogP contribution >= 0.6 is 0 Å². The van der Waals surface area contributed by atoms with Crippen molar-refractivity contribution in [3.8, 4) is 0 Å². The molecule has 35 heavy (non-hydrogen) atoms. The van der Waals surface area contributed by atoms with Gasteiger partial charge in [-0.15, -0.1) is 0 Å². The number of nitrogens with zero attached hydrogens (tertiary/aromatic N) is 5. The molecule has 0 saturated carbocycles. The molecule has 1 aromatic carbocycles. The van der Waals surface area contributed by atoms with Crippen molar-refractivity contribution in [2.24, 2.45) is 0 Å². The van der Waals surface area contributed by atoms with E-state index in [4.69, 9.17) is 4.42 Å². The summed E-state index contributed by atoms with van der Waals surface area (Å²) < 4.78 is 33.8. The largest absolute Gasteiger partial charge is 0.467 e. The van der Waals surface area contributed by atoms with Crippen molar-refractivity contribution in [3.05, 3.63) is 66.5 Å². The van der Waals surface area contributed by atoms with E-state index in [1.165, 1.54) is 34.9 Å². The van der Waals surface area contributed by atoms with Crippen LogP contribution in [0.4, 0.5) is 5.82 Å². The van der Waals surface area contributed by atoms with Crippen LogP contribution in [0.1, 0.15) is 29.0 Å². The van der Waals surface area contributed by atoms with Crippen LogP contribution < -0.4 is 10.6 Å². The summed E-state index contributed by atoms with van der Waals surface area (Å²) in [5, 5.41) is 11.2. The normalized spacial score (nSPS) is 14.4. The highest BCUT2D eigenvalue weighted by molar-refractivity contribution is 7.89. The molecule has 0 bridgehead atoms. The molecular formula is C23H25N7O4S. The summed E-state index contributed by atoms with van der Waals surface area (Å²) in [7, 11) is -3.50. The minimum Gasteiger partial charge on any atom is -0.467 e. The van der Waals surface area contributed by atoms with Gasteiger partial charge < -0.3 is 15.1 Å². The zero-order chi connectivity index (χ0) is 24.3. The molecule has 1 saturated heterocycles. The van der Waals surface area contributed by atoms with Crippen LogP contribution in [0.5, 0.6) is 0 Å². The molecule has 182 valence electrons. The Hall–Kier alpha value is -3.77. The Morgan fingerprint density at radius 1 is 1.09 bits per heavy atom. The molecule has 1 aliphatic rings. The average Bonchev–Trinajstić information content (AvgIpc) is 3.65. The molecule has 0 atom stereocenters. The SMILES string of the molecule is O=C(NCCn1ncc2c(NCc3ccco3)ncnc21)c1ccc(S(=O)(=O)N2CCCC2)cc1. The lowest BCUT2D eigenvalue weighted by molar-refractivity contribution is 0.0952. The van der Waals surface area contributed by atoms with Crippen molar-refractivity contribution in [3.63, 3.8) is 0 Å². The Kier molecular flexibility index (Phi) is 6.47. The van der Waals surface area contributed by atoms with Crippen molar-refractivity contribution < 1.29 is 17.6 Å². The van der Waals surface area contributed by atoms with E-state index in [0.717, 1.165) is 24.0 Å². The highest BCUT2D eigenvalue weighted by atomic mass is 32.2. The topological polar surface area (TPSA) is 135 Å². The van der Waals surface area contributed by atoms with Gasteiger partial charge in [0.2, 0.25) is 10.0 Å². The highest BCUT2D eigenvalue weighted by Crippen LogP contribution is 2.21. The minimum atomic E-state index is -3.50. The number of aromatic nitrogens is 4. The molecule has 11 nitrogen and oxygen atoms in total. The summed E-state index contributed by atoms with van der Waals surface area (Å²) >= 11 is 0. The van der Waals surface area contributed by atoms with E-state index in [0.29, 0.717) is 49.8 Å². The fourth-order valence-electron chi connectivity index (χ4n) is 4.01. The van der Waals surface area contributed by atoms with Crippen LogP contribution in [0.2, 0.25) is 0 Å². The summed E-state index contributed by atoms with van der Waals surface area (Å²) in [6, 6.07) is 9.73. The maximum atomic E-state index is 12.6. The molecule has 0 aliphatic carbocycles. The molecule has 1 amide bonds. The second kappa shape index (κ2) is 9.84. The predicted molar refractivity (Wildman–Crippen MR) is 128 cm³/mol. The zero-order valence-corrected chi connectivity index (χ0v) is 19.7. The van der Waals surface area contributed by atoms with E-state index in [-0.39, 0.29) is 10.8 Å². The molecule has 0 unspecified atom stereocenters. The van der Waals surface area contributed by atoms with Crippen molar-refractivity contribution in [2.75, 3.05) is 25.0 Å². The molecule has 0 spiro atoms. The number of rotatable bonds is 9. The van der Waals surface area contributed by atoms with Crippen LogP contribution in [-0.4, -0.2) is 58.0 Å². The van der Waals surface area contributed by atoms with Gasteiger partial charge in [0.25, 0.3) is 5.91 Å². The van der Waals surface area contributed by atoms with Gasteiger partial charge in [-0.05, 0) is 49.2 Å². The Morgan fingerprint density at radius 2 is 1.89 bits per heavy atom. The van der Waals surface area contributed by atoms with Gasteiger partial charge in [-0.1, -0.05) is 0 Å². The van der Waals surface area contributed by atoms with Gasteiger partial charge in [0.15, 0.2) is 5.65 Å². The lowest BCUT2D eigenvalue weighted by Gasteiger charge is -2.15. The lowest BCUT2D eigenvalue weighted by atomic mass is 10.2. The van der Waals surface area contributed by atoms with Crippen LogP contribution in [-0.2, 0) is 23.1 Å². The summed E-state index contributed by atoms with van der Waals surface area (Å²) in [4.78, 5) is 21.4. The number of hydrogen-bond acceptors (Lipinski definition) is 8. The second-order valence-corrected chi connectivity index (χ2v) is 10.1. The van der Waals surface area contributed by atoms with E-state index < -0.39 is 10.0 Å². The Bertz CT molecular complexity index is 1410. The Balaban J connectivity index is 1.18. The quantitative estimate of drug-likeness (QED) is 0.361. The molecule has 4 aromatic rings. The minimum absolute atomic E-state index is 0.204. The first-order valence-electron chi connectivity index (χ1n) is 11.3. The molecule has 1 fully saturated rings. The summed E-state index contributed by atoms with van der Waals surface area (Å²) in [6.07, 6.45) is 6.51. The fourth-order valence-corrected chi connectivity index (χ4v) is 5.53. The van der Waals surface area contributed by atoms with E-state index in [2.05, 4.69) is 25.7 Å². The Labute approximate surface area is 202 Å². The van der Waals surface area contributed by atoms with Crippen molar-refractivity contribution in [1.29, 1.82) is 0 Å². The molecule has 1 aliphatic heterocycles. The van der Waals surface area contributed by atoms with Gasteiger partial charge in [0.1, 0.15) is 17.9 Å². The van der Waals surface area contributed by atoms with E-state index in [1.807, 2.05) is 12.1 Å². The number of carbonyl (C=O) groups is 1. The molecular weight excluding hydrogens is 470 g/mol. The number of sulfonamides is 1. The first-order chi connectivity index (χ1) is 17.0. The maximum absolute atomic E-state index is 12.6. The van der Waals surface area contributed by atoms with Crippen LogP contribution in [0.15, 0.2) is 64.5 Å². The van der Waals surface area contributed by atoms with E-state index in [1.54, 1.807) is 17.1 Å². The van der Waals surface area contributed by atoms with Gasteiger partial charge in [0, 0.05) is 25.2 Å². The number of amides is 1. The standard InChI is InChI=1S/C23H25N7O4S/c31-23(17-5-7-19(8-6-17)35(32,33)29-10-1-2-11-29)24-9-12-30-22-20(15-28-30)21(26-16-27-22)25-14-18-4-3-13-34-18/h3-8,13,15-16H,1-2,9-12,14H2,(H,24,31)(H,25,26,27). The molecule has 0 radical (unpaired) electrons. The van der Waals surface area contributed by atoms with Gasteiger partial charge >= 0.3 is 0 Å². The van der Waals surface area contributed by atoms with Crippen molar-refractivity contribution in [1.82, 2.24) is 29.4 Å². The van der Waals surface area contributed by atoms with Crippen LogP contribution in [0.3, 0.4) is 0 Å². The smallest absolute Gasteiger partial charge is 0.251 e. The second-order valence-electron chi connectivity index (χ2n) is 8.15. The van der Waals surface area contributed by atoms with Crippen molar-refractivity contribution in [2.45, 2.75) is 30.8 Å². The third kappa shape index (κ3) is 4.88. The number of furan rings is 1. The van der Waals surface area contributed by atoms with E-state index >= 15 is 0 Å². The lowest BCUT2D eigenvalue weighted by Crippen LogP contribution is -2.29. The summed E-state index contributed by atoms with van der Waals surface area (Å²) in [5.74, 6) is 1.14. The number of hydrogen-bond donors (Lipinski definition) is 2. The fraction of sp³-hybridized carbons (Fsp3) is 0.304. The first-order valence-corrected chi connectivity index (χ1v) is 12.8. The number of carbonyl (C=O) groups excluding carboxylic acids is 1. The summed E-state index contributed by atoms with van der Waals surface area (Å²) in [5.41, 5.74) is 1.04. The number of anilines is 1. The number of fused-ring (bicyclic) bond motifs is 1. The molecule has 12 heteroatoms. The van der Waals surface area contributed by atoms with Crippen molar-refractivity contribution >= 4 is 32.8 Å². The van der Waals surface area contributed by atoms with Gasteiger partial charge in [-0.3, -0.25) is 4.79 Å². The molecule has 3 aromatic heterocycles. The van der Waals surface area contributed by atoms with Gasteiger partial charge in [-0.2, -0.15) is 9.40 Å². The molecule has 2 N–H and O–H groups in total. The molecule has 4 heterocycles. The van der Waals surface area contributed by atoms with E-state index in [9.17, 15) is 13.2 Å². The third-order valence-corrected chi connectivity index (χ3v) is 7.79.